The van der Waals surface area contributed by atoms with Gasteiger partial charge in [-0.1, -0.05) is 173 Å². The zero-order chi connectivity index (χ0) is 36.5. The summed E-state index contributed by atoms with van der Waals surface area (Å²) in [5, 5.41) is 0. The van der Waals surface area contributed by atoms with Gasteiger partial charge in [-0.05, 0) is 50.7 Å². The largest absolute Gasteiger partial charge is 0.462 e. The van der Waals surface area contributed by atoms with Gasteiger partial charge in [-0.15, -0.1) is 0 Å². The molecule has 0 amide bonds. The Morgan fingerprint density at radius 2 is 0.900 bits per heavy atom. The van der Waals surface area contributed by atoms with E-state index in [1.165, 1.54) is 141 Å². The van der Waals surface area contributed by atoms with Gasteiger partial charge in [-0.2, -0.15) is 8.42 Å². The van der Waals surface area contributed by atoms with Crippen molar-refractivity contribution in [2.45, 2.75) is 186 Å². The van der Waals surface area contributed by atoms with E-state index in [4.69, 9.17) is 9.47 Å². The van der Waals surface area contributed by atoms with Gasteiger partial charge in [0.25, 0.3) is 10.1 Å². The van der Waals surface area contributed by atoms with Crippen LogP contribution in [0.1, 0.15) is 202 Å². The molecular formula is C42H70O7S. The summed E-state index contributed by atoms with van der Waals surface area (Å²) >= 11 is 0. The lowest BCUT2D eigenvalue weighted by Gasteiger charge is -2.12. The fourth-order valence-electron chi connectivity index (χ4n) is 6.04. The van der Waals surface area contributed by atoms with E-state index in [1.807, 2.05) is 12.2 Å². The van der Waals surface area contributed by atoms with Crippen molar-refractivity contribution in [1.82, 2.24) is 0 Å². The average molecular weight is 719 g/mol. The van der Waals surface area contributed by atoms with Crippen LogP contribution in [0.5, 0.6) is 0 Å². The van der Waals surface area contributed by atoms with Crippen LogP contribution in [0, 0.1) is 0 Å². The summed E-state index contributed by atoms with van der Waals surface area (Å²) in [6.07, 6.45) is 39.6. The Labute approximate surface area is 305 Å². The molecule has 0 aromatic heterocycles. The summed E-state index contributed by atoms with van der Waals surface area (Å²) in [6.45, 7) is 4.60. The number of unbranched alkanes of at least 4 members (excludes halogenated alkanes) is 22. The second-order valence-corrected chi connectivity index (χ2v) is 15.0. The molecule has 0 unspecified atom stereocenters. The molecule has 1 N–H and O–H groups in total. The second-order valence-electron chi connectivity index (χ2n) is 13.6. The van der Waals surface area contributed by atoms with Crippen molar-refractivity contribution in [3.8, 4) is 0 Å². The number of hydrogen-bond acceptors (Lipinski definition) is 6. The quantitative estimate of drug-likeness (QED) is 0.0333. The maximum Gasteiger partial charge on any atom is 0.340 e. The Hall–Kier alpha value is -2.45. The van der Waals surface area contributed by atoms with Crippen molar-refractivity contribution in [2.75, 3.05) is 13.2 Å². The Morgan fingerprint density at radius 1 is 0.540 bits per heavy atom. The number of carbonyl (C=O) groups is 2. The first kappa shape index (κ1) is 45.6. The van der Waals surface area contributed by atoms with Crippen molar-refractivity contribution in [3.05, 3.63) is 53.6 Å². The van der Waals surface area contributed by atoms with Crippen LogP contribution in [0.4, 0.5) is 0 Å². The van der Waals surface area contributed by atoms with Crippen LogP contribution in [0.3, 0.4) is 0 Å². The lowest BCUT2D eigenvalue weighted by molar-refractivity contribution is 0.0460. The summed E-state index contributed by atoms with van der Waals surface area (Å²) < 4.78 is 44.5. The van der Waals surface area contributed by atoms with Crippen molar-refractivity contribution in [3.63, 3.8) is 0 Å². The number of ether oxygens (including phenoxy) is 2. The van der Waals surface area contributed by atoms with E-state index < -0.39 is 32.5 Å². The first-order chi connectivity index (χ1) is 24.3. The first-order valence-corrected chi connectivity index (χ1v) is 21.5. The smallest absolute Gasteiger partial charge is 0.340 e. The summed E-state index contributed by atoms with van der Waals surface area (Å²) in [7, 11) is -4.78. The third-order valence-corrected chi connectivity index (χ3v) is 9.94. The van der Waals surface area contributed by atoms with Crippen LogP contribution in [-0.4, -0.2) is 38.1 Å². The summed E-state index contributed by atoms with van der Waals surface area (Å²) in [4.78, 5) is 25.2. The normalized spacial score (nSPS) is 11.9. The number of carbonyl (C=O) groups excluding carboxylic acids is 2. The molecule has 286 valence electrons. The minimum atomic E-state index is -4.78. The van der Waals surface area contributed by atoms with Crippen LogP contribution in [0.25, 0.3) is 0 Å². The minimum Gasteiger partial charge on any atom is -0.462 e. The molecule has 0 saturated heterocycles. The molecule has 0 heterocycles. The van der Waals surface area contributed by atoms with Gasteiger partial charge in [0.15, 0.2) is 0 Å². The molecule has 0 aliphatic rings. The molecular weight excluding hydrogens is 649 g/mol. The second kappa shape index (κ2) is 31.3. The molecule has 0 spiro atoms. The van der Waals surface area contributed by atoms with E-state index in [-0.39, 0.29) is 18.8 Å². The zero-order valence-corrected chi connectivity index (χ0v) is 32.5. The fourth-order valence-corrected chi connectivity index (χ4v) is 6.74. The van der Waals surface area contributed by atoms with E-state index >= 15 is 0 Å². The molecule has 8 heteroatoms. The predicted octanol–water partition coefficient (Wildman–Crippen LogP) is 12.5. The standard InChI is InChI=1S/C42H70O7S/c1-3-5-7-9-11-13-15-17-19-21-23-25-27-29-31-36-48-41(43)38-34-33-35-39(50(45,46)47)40(38)42(44)49-37-32-30-28-26-24-22-20-18-16-14-12-10-8-6-4-2/h27-30,33-35H,3-26,31-32,36-37H2,1-2H3,(H,45,46,47)/b29-27+,30-28+. The molecule has 0 atom stereocenters. The van der Waals surface area contributed by atoms with Crippen LogP contribution in [0.15, 0.2) is 47.4 Å². The SMILES string of the molecule is CCCCCCCCCCCCC/C=C/CCOC(=O)c1cccc(S(=O)(=O)O)c1C(=O)OCC/C=C/CCCCCCCCCCCCC. The van der Waals surface area contributed by atoms with E-state index in [2.05, 4.69) is 26.0 Å². The number of benzene rings is 1. The van der Waals surface area contributed by atoms with Gasteiger partial charge in [-0.25, -0.2) is 9.59 Å². The predicted molar refractivity (Wildman–Crippen MR) is 206 cm³/mol. The highest BCUT2D eigenvalue weighted by Crippen LogP contribution is 2.22. The molecule has 0 aliphatic heterocycles. The van der Waals surface area contributed by atoms with Gasteiger partial charge in [0, 0.05) is 0 Å². The molecule has 0 radical (unpaired) electrons. The highest BCUT2D eigenvalue weighted by atomic mass is 32.2. The van der Waals surface area contributed by atoms with Crippen LogP contribution in [-0.2, 0) is 19.6 Å². The zero-order valence-electron chi connectivity index (χ0n) is 31.6. The Balaban J connectivity index is 2.34. The van der Waals surface area contributed by atoms with Gasteiger partial charge < -0.3 is 9.47 Å². The maximum absolute atomic E-state index is 13.0. The number of esters is 2. The van der Waals surface area contributed by atoms with Crippen LogP contribution >= 0.6 is 0 Å². The summed E-state index contributed by atoms with van der Waals surface area (Å²) in [5.41, 5.74) is -0.751. The first-order valence-electron chi connectivity index (χ1n) is 20.1. The van der Waals surface area contributed by atoms with E-state index in [0.717, 1.165) is 31.7 Å². The molecule has 1 aromatic rings. The monoisotopic (exact) mass is 718 g/mol. The Kier molecular flexibility index (Phi) is 28.5. The number of allylic oxidation sites excluding steroid dienone is 2. The molecule has 0 fully saturated rings. The Bertz CT molecular complexity index is 1170. The highest BCUT2D eigenvalue weighted by molar-refractivity contribution is 7.86. The van der Waals surface area contributed by atoms with E-state index in [0.29, 0.717) is 12.8 Å². The van der Waals surface area contributed by atoms with Crippen LogP contribution < -0.4 is 0 Å². The van der Waals surface area contributed by atoms with Crippen molar-refractivity contribution in [1.29, 1.82) is 0 Å². The number of hydrogen-bond donors (Lipinski definition) is 1. The van der Waals surface area contributed by atoms with Gasteiger partial charge in [0.05, 0.1) is 24.3 Å². The fraction of sp³-hybridized carbons (Fsp3) is 0.714. The lowest BCUT2D eigenvalue weighted by Crippen LogP contribution is -2.19. The minimum absolute atomic E-state index is 0.0196. The van der Waals surface area contributed by atoms with Gasteiger partial charge >= 0.3 is 11.9 Å². The molecule has 1 aromatic carbocycles. The van der Waals surface area contributed by atoms with E-state index in [9.17, 15) is 22.6 Å². The average Bonchev–Trinajstić information content (AvgIpc) is 3.10. The summed E-state index contributed by atoms with van der Waals surface area (Å²) in [5.74, 6) is -1.83. The van der Waals surface area contributed by atoms with Crippen molar-refractivity contribution in [2.24, 2.45) is 0 Å². The Morgan fingerprint density at radius 3 is 1.30 bits per heavy atom. The molecule has 50 heavy (non-hydrogen) atoms. The lowest BCUT2D eigenvalue weighted by atomic mass is 10.1. The molecule has 0 aliphatic carbocycles. The molecule has 0 bridgehead atoms. The molecule has 1 rings (SSSR count). The molecule has 0 saturated carbocycles. The van der Waals surface area contributed by atoms with E-state index in [1.54, 1.807) is 0 Å². The van der Waals surface area contributed by atoms with Crippen LogP contribution in [0.2, 0.25) is 0 Å². The van der Waals surface area contributed by atoms with Gasteiger partial charge in [-0.3, -0.25) is 4.55 Å². The maximum atomic E-state index is 13.0. The summed E-state index contributed by atoms with van der Waals surface area (Å²) in [6, 6.07) is 3.68. The molecule has 7 nitrogen and oxygen atoms in total. The third-order valence-electron chi connectivity index (χ3n) is 9.05. The van der Waals surface area contributed by atoms with Crippen molar-refractivity contribution < 1.29 is 32.0 Å². The number of rotatable bonds is 33. The van der Waals surface area contributed by atoms with Gasteiger partial charge in [0.1, 0.15) is 4.90 Å². The van der Waals surface area contributed by atoms with Crippen molar-refractivity contribution >= 4 is 22.1 Å². The third kappa shape index (κ3) is 23.9. The topological polar surface area (TPSA) is 107 Å². The highest BCUT2D eigenvalue weighted by Gasteiger charge is 2.28. The van der Waals surface area contributed by atoms with Gasteiger partial charge in [0.2, 0.25) is 0 Å².